The van der Waals surface area contributed by atoms with Gasteiger partial charge in [0.1, 0.15) is 0 Å². The number of nitrogens with two attached hydrogens (primary N) is 1. The Hall–Kier alpha value is -0.900. The van der Waals surface area contributed by atoms with Crippen LogP contribution in [0.15, 0.2) is 30.3 Å². The third-order valence-electron chi connectivity index (χ3n) is 3.33. The molecule has 3 heteroatoms. The quantitative estimate of drug-likeness (QED) is 0.823. The normalized spacial score (nSPS) is 28.8. The lowest BCUT2D eigenvalue weighted by Gasteiger charge is -2.45. The van der Waals surface area contributed by atoms with Crippen LogP contribution in [-0.2, 0) is 16.1 Å². The van der Waals surface area contributed by atoms with Gasteiger partial charge in [0.15, 0.2) is 0 Å². The van der Waals surface area contributed by atoms with E-state index >= 15 is 0 Å². The summed E-state index contributed by atoms with van der Waals surface area (Å²) in [4.78, 5) is 0. The number of hydrogen-bond acceptors (Lipinski definition) is 3. The van der Waals surface area contributed by atoms with Crippen LogP contribution in [0.25, 0.3) is 0 Å². The first-order valence-electron chi connectivity index (χ1n) is 5.69. The average molecular weight is 221 g/mol. The van der Waals surface area contributed by atoms with Crippen LogP contribution in [0.3, 0.4) is 0 Å². The highest BCUT2D eigenvalue weighted by molar-refractivity contribution is 5.13. The molecule has 1 saturated carbocycles. The fraction of sp³-hybridized carbons (Fsp3) is 0.538. The molecule has 1 aliphatic rings. The molecular formula is C13H19NO2. The minimum absolute atomic E-state index is 0.124. The van der Waals surface area contributed by atoms with Crippen LogP contribution in [0, 0.1) is 0 Å². The molecule has 0 atom stereocenters. The van der Waals surface area contributed by atoms with Crippen molar-refractivity contribution in [2.75, 3.05) is 13.7 Å². The Balaban J connectivity index is 1.74. The highest BCUT2D eigenvalue weighted by atomic mass is 16.5. The largest absolute Gasteiger partial charge is 0.377 e. The Morgan fingerprint density at radius 1 is 1.31 bits per heavy atom. The van der Waals surface area contributed by atoms with Gasteiger partial charge in [-0.2, -0.15) is 0 Å². The molecule has 0 spiro atoms. The summed E-state index contributed by atoms with van der Waals surface area (Å²) in [6.07, 6.45) is 2.11. The Bertz CT molecular complexity index is 314. The van der Waals surface area contributed by atoms with E-state index in [1.54, 1.807) is 7.11 Å². The van der Waals surface area contributed by atoms with Gasteiger partial charge in [0, 0.05) is 26.5 Å². The Morgan fingerprint density at radius 3 is 2.56 bits per heavy atom. The lowest BCUT2D eigenvalue weighted by atomic mass is 9.77. The zero-order valence-electron chi connectivity index (χ0n) is 9.69. The summed E-state index contributed by atoms with van der Waals surface area (Å²) in [5.74, 6) is 0. The number of methoxy groups -OCH3 is 1. The summed E-state index contributed by atoms with van der Waals surface area (Å²) >= 11 is 0. The van der Waals surface area contributed by atoms with Crippen molar-refractivity contribution in [1.29, 1.82) is 0 Å². The molecule has 0 unspecified atom stereocenters. The monoisotopic (exact) mass is 221 g/mol. The first-order valence-corrected chi connectivity index (χ1v) is 5.69. The second-order valence-electron chi connectivity index (χ2n) is 4.42. The maximum atomic E-state index is 5.79. The van der Waals surface area contributed by atoms with Gasteiger partial charge in [-0.15, -0.1) is 0 Å². The summed E-state index contributed by atoms with van der Waals surface area (Å²) in [5, 5.41) is 0. The van der Waals surface area contributed by atoms with E-state index in [1.165, 1.54) is 5.56 Å². The Morgan fingerprint density at radius 2 is 2.00 bits per heavy atom. The Labute approximate surface area is 96.5 Å². The first kappa shape index (κ1) is 11.6. The third kappa shape index (κ3) is 2.43. The van der Waals surface area contributed by atoms with E-state index in [9.17, 15) is 0 Å². The highest BCUT2D eigenvalue weighted by Gasteiger charge is 2.44. The van der Waals surface area contributed by atoms with Gasteiger partial charge >= 0.3 is 0 Å². The smallest absolute Gasteiger partial charge is 0.0849 e. The second-order valence-corrected chi connectivity index (χ2v) is 4.42. The molecule has 0 amide bonds. The zero-order chi connectivity index (χ0) is 11.4. The molecule has 1 aromatic carbocycles. The van der Waals surface area contributed by atoms with E-state index in [4.69, 9.17) is 15.2 Å². The zero-order valence-corrected chi connectivity index (χ0v) is 9.69. The molecule has 0 heterocycles. The highest BCUT2D eigenvalue weighted by Crippen LogP contribution is 2.36. The van der Waals surface area contributed by atoms with Crippen molar-refractivity contribution in [2.45, 2.75) is 31.2 Å². The van der Waals surface area contributed by atoms with Gasteiger partial charge < -0.3 is 15.2 Å². The predicted octanol–water partition coefficient (Wildman–Crippen LogP) is 1.71. The van der Waals surface area contributed by atoms with Crippen molar-refractivity contribution >= 4 is 0 Å². The minimum Gasteiger partial charge on any atom is -0.377 e. The molecule has 1 aliphatic carbocycles. The van der Waals surface area contributed by atoms with E-state index in [2.05, 4.69) is 12.1 Å². The molecule has 2 N–H and O–H groups in total. The maximum absolute atomic E-state index is 5.79. The van der Waals surface area contributed by atoms with Crippen LogP contribution >= 0.6 is 0 Å². The van der Waals surface area contributed by atoms with E-state index in [-0.39, 0.29) is 5.60 Å². The number of benzene rings is 1. The van der Waals surface area contributed by atoms with Gasteiger partial charge in [0.2, 0.25) is 0 Å². The van der Waals surface area contributed by atoms with E-state index in [0.29, 0.717) is 19.3 Å². The second kappa shape index (κ2) is 4.95. The van der Waals surface area contributed by atoms with Crippen LogP contribution in [0.2, 0.25) is 0 Å². The van der Waals surface area contributed by atoms with Crippen molar-refractivity contribution in [1.82, 2.24) is 0 Å². The fourth-order valence-corrected chi connectivity index (χ4v) is 2.09. The SMILES string of the molecule is COC1(CN)CC(OCc2ccccc2)C1. The summed E-state index contributed by atoms with van der Waals surface area (Å²) < 4.78 is 11.2. The molecule has 0 saturated heterocycles. The average Bonchev–Trinajstić information content (AvgIpc) is 2.30. The van der Waals surface area contributed by atoms with Gasteiger partial charge in [-0.1, -0.05) is 30.3 Å². The first-order chi connectivity index (χ1) is 7.78. The van der Waals surface area contributed by atoms with Crippen molar-refractivity contribution in [3.05, 3.63) is 35.9 Å². The molecule has 0 aromatic heterocycles. The van der Waals surface area contributed by atoms with Gasteiger partial charge in [-0.3, -0.25) is 0 Å². The molecule has 3 nitrogen and oxygen atoms in total. The van der Waals surface area contributed by atoms with Crippen LogP contribution in [0.4, 0.5) is 0 Å². The molecule has 2 rings (SSSR count). The minimum atomic E-state index is -0.124. The maximum Gasteiger partial charge on any atom is 0.0849 e. The van der Waals surface area contributed by atoms with Gasteiger partial charge in [0.05, 0.1) is 18.3 Å². The number of ether oxygens (including phenoxy) is 2. The van der Waals surface area contributed by atoms with Crippen molar-refractivity contribution < 1.29 is 9.47 Å². The van der Waals surface area contributed by atoms with E-state index in [1.807, 2.05) is 18.2 Å². The molecule has 1 fully saturated rings. The van der Waals surface area contributed by atoms with Gasteiger partial charge in [-0.25, -0.2) is 0 Å². The third-order valence-corrected chi connectivity index (χ3v) is 3.33. The molecule has 16 heavy (non-hydrogen) atoms. The molecule has 88 valence electrons. The van der Waals surface area contributed by atoms with Crippen LogP contribution in [0.1, 0.15) is 18.4 Å². The van der Waals surface area contributed by atoms with Crippen LogP contribution < -0.4 is 5.73 Å². The standard InChI is InChI=1S/C13H19NO2/c1-15-13(10-14)7-12(8-13)16-9-11-5-3-2-4-6-11/h2-6,12H,7-10,14H2,1H3. The molecule has 1 aromatic rings. The van der Waals surface area contributed by atoms with Crippen LogP contribution in [-0.4, -0.2) is 25.4 Å². The van der Waals surface area contributed by atoms with E-state index < -0.39 is 0 Å². The van der Waals surface area contributed by atoms with Crippen molar-refractivity contribution in [3.63, 3.8) is 0 Å². The topological polar surface area (TPSA) is 44.5 Å². The number of rotatable bonds is 5. The molecule has 0 bridgehead atoms. The molecular weight excluding hydrogens is 202 g/mol. The van der Waals surface area contributed by atoms with Crippen molar-refractivity contribution in [3.8, 4) is 0 Å². The van der Waals surface area contributed by atoms with Crippen molar-refractivity contribution in [2.24, 2.45) is 5.73 Å². The summed E-state index contributed by atoms with van der Waals surface area (Å²) in [6, 6.07) is 10.2. The molecule has 0 aliphatic heterocycles. The summed E-state index contributed by atoms with van der Waals surface area (Å²) in [5.41, 5.74) is 6.76. The number of hydrogen-bond donors (Lipinski definition) is 1. The van der Waals surface area contributed by atoms with Crippen LogP contribution in [0.5, 0.6) is 0 Å². The molecule has 0 radical (unpaired) electrons. The van der Waals surface area contributed by atoms with Gasteiger partial charge in [-0.05, 0) is 5.56 Å². The predicted molar refractivity (Wildman–Crippen MR) is 63.0 cm³/mol. The van der Waals surface area contributed by atoms with Gasteiger partial charge in [0.25, 0.3) is 0 Å². The summed E-state index contributed by atoms with van der Waals surface area (Å²) in [7, 11) is 1.72. The van der Waals surface area contributed by atoms with E-state index in [0.717, 1.165) is 12.8 Å². The Kier molecular flexibility index (Phi) is 3.59. The lowest BCUT2D eigenvalue weighted by molar-refractivity contribution is -0.156. The lowest BCUT2D eigenvalue weighted by Crippen LogP contribution is -2.54. The summed E-state index contributed by atoms with van der Waals surface area (Å²) in [6.45, 7) is 1.25. The fourth-order valence-electron chi connectivity index (χ4n) is 2.09.